The third kappa shape index (κ3) is 2.77. The number of benzene rings is 2. The van der Waals surface area contributed by atoms with E-state index in [2.05, 4.69) is 0 Å². The molecule has 1 heterocycles. The molecule has 2 aromatic rings. The first-order chi connectivity index (χ1) is 11.8. The van der Waals surface area contributed by atoms with Crippen LogP contribution in [0, 0.1) is 5.82 Å². The van der Waals surface area contributed by atoms with Gasteiger partial charge in [-0.1, -0.05) is 39.8 Å². The maximum atomic E-state index is 13.7. The number of rotatable bonds is 2. The van der Waals surface area contributed by atoms with Crippen molar-refractivity contribution in [2.45, 2.75) is 53.7 Å². The first kappa shape index (κ1) is 19.3. The summed E-state index contributed by atoms with van der Waals surface area (Å²) in [5.74, 6) is -0.854. The van der Waals surface area contributed by atoms with Gasteiger partial charge in [0.15, 0.2) is 0 Å². The van der Waals surface area contributed by atoms with Gasteiger partial charge in [0.25, 0.3) is 9.05 Å². The molecule has 0 saturated heterocycles. The quantitative estimate of drug-likeness (QED) is 0.682. The summed E-state index contributed by atoms with van der Waals surface area (Å²) < 4.78 is 64.0. The van der Waals surface area contributed by atoms with Gasteiger partial charge in [-0.3, -0.25) is 0 Å². The Bertz CT molecular complexity index is 1130. The highest BCUT2D eigenvalue weighted by Gasteiger charge is 2.42. The van der Waals surface area contributed by atoms with Gasteiger partial charge in [0.1, 0.15) is 5.82 Å². The lowest BCUT2D eigenvalue weighted by atomic mass is 9.76. The van der Waals surface area contributed by atoms with E-state index in [9.17, 15) is 21.2 Å². The number of fused-ring (bicyclic) bond motifs is 2. The number of hydrogen-bond acceptors (Lipinski definition) is 4. The van der Waals surface area contributed by atoms with Crippen LogP contribution >= 0.6 is 10.7 Å². The molecule has 2 aromatic carbocycles. The Kier molecular flexibility index (Phi) is 4.29. The van der Waals surface area contributed by atoms with Crippen molar-refractivity contribution in [2.75, 3.05) is 0 Å². The lowest BCUT2D eigenvalue weighted by molar-refractivity contribution is 0.545. The molecule has 0 aromatic heterocycles. The smallest absolute Gasteiger partial charge is 0.218 e. The molecular weight excluding hydrogens is 399 g/mol. The highest BCUT2D eigenvalue weighted by Crippen LogP contribution is 2.48. The Balaban J connectivity index is 2.50. The lowest BCUT2D eigenvalue weighted by Gasteiger charge is -2.35. The monoisotopic (exact) mass is 416 g/mol. The summed E-state index contributed by atoms with van der Waals surface area (Å²) >= 11 is 0. The Morgan fingerprint density at radius 3 is 2.15 bits per heavy atom. The first-order valence-corrected chi connectivity index (χ1v) is 11.8. The van der Waals surface area contributed by atoms with Gasteiger partial charge >= 0.3 is 0 Å². The molecule has 0 atom stereocenters. The minimum absolute atomic E-state index is 0.148. The van der Waals surface area contributed by atoms with Crippen LogP contribution in [0.15, 0.2) is 45.0 Å². The third-order valence-corrected chi connectivity index (χ3v) is 8.08. The molecule has 0 amide bonds. The molecule has 0 radical (unpaired) electrons. The standard InChI is InChI=1S/C18H18ClFO4S2/c1-10(2)12-8-14-17(9-15(12)26(19,23)24)25(21,22)16-7-11(20)5-6-13(16)18(14,3)4/h5-10H,1-4H3. The van der Waals surface area contributed by atoms with Crippen molar-refractivity contribution in [3.05, 3.63) is 52.8 Å². The largest absolute Gasteiger partial charge is 0.261 e. The number of halogens is 2. The predicted octanol–water partition coefficient (Wildman–Crippen LogP) is 4.35. The molecule has 140 valence electrons. The zero-order valence-corrected chi connectivity index (χ0v) is 17.1. The lowest BCUT2D eigenvalue weighted by Crippen LogP contribution is -2.30. The first-order valence-electron chi connectivity index (χ1n) is 7.96. The van der Waals surface area contributed by atoms with Crippen molar-refractivity contribution in [1.29, 1.82) is 0 Å². The van der Waals surface area contributed by atoms with Crippen LogP contribution in [0.5, 0.6) is 0 Å². The van der Waals surface area contributed by atoms with Crippen LogP contribution in [0.3, 0.4) is 0 Å². The second kappa shape index (κ2) is 5.78. The van der Waals surface area contributed by atoms with Gasteiger partial charge in [-0.05, 0) is 40.8 Å². The summed E-state index contributed by atoms with van der Waals surface area (Å²) in [5, 5.41) is 0. The summed E-state index contributed by atoms with van der Waals surface area (Å²) in [5.41, 5.74) is 0.654. The molecule has 0 N–H and O–H groups in total. The molecule has 1 aliphatic rings. The normalized spacial score (nSPS) is 17.7. The Morgan fingerprint density at radius 1 is 1.04 bits per heavy atom. The molecular formula is C18H18ClFO4S2. The molecule has 0 spiro atoms. The molecule has 1 aliphatic heterocycles. The number of sulfone groups is 1. The van der Waals surface area contributed by atoms with Crippen molar-refractivity contribution in [2.24, 2.45) is 0 Å². The summed E-state index contributed by atoms with van der Waals surface area (Å²) in [4.78, 5) is -0.526. The van der Waals surface area contributed by atoms with Crippen LogP contribution in [0.1, 0.15) is 50.3 Å². The van der Waals surface area contributed by atoms with E-state index >= 15 is 0 Å². The van der Waals surface area contributed by atoms with Crippen LogP contribution in [0.25, 0.3) is 0 Å². The van der Waals surface area contributed by atoms with Crippen molar-refractivity contribution < 1.29 is 21.2 Å². The van der Waals surface area contributed by atoms with Gasteiger partial charge in [0.05, 0.1) is 14.7 Å². The second-order valence-electron chi connectivity index (χ2n) is 7.25. The highest BCUT2D eigenvalue weighted by molar-refractivity contribution is 8.13. The fourth-order valence-electron chi connectivity index (χ4n) is 3.45. The van der Waals surface area contributed by atoms with Crippen molar-refractivity contribution in [3.63, 3.8) is 0 Å². The second-order valence-corrected chi connectivity index (χ2v) is 11.7. The third-order valence-electron chi connectivity index (χ3n) is 4.87. The fraction of sp³-hybridized carbons (Fsp3) is 0.333. The van der Waals surface area contributed by atoms with Gasteiger partial charge in [0, 0.05) is 16.1 Å². The molecule has 4 nitrogen and oxygen atoms in total. The van der Waals surface area contributed by atoms with E-state index in [1.807, 2.05) is 13.8 Å². The number of hydrogen-bond donors (Lipinski definition) is 0. The van der Waals surface area contributed by atoms with Gasteiger partial charge in [-0.2, -0.15) is 0 Å². The van der Waals surface area contributed by atoms with Crippen LogP contribution < -0.4 is 0 Å². The van der Waals surface area contributed by atoms with E-state index in [4.69, 9.17) is 10.7 Å². The van der Waals surface area contributed by atoms with Gasteiger partial charge in [-0.25, -0.2) is 21.2 Å². The molecule has 0 unspecified atom stereocenters. The molecule has 3 rings (SSSR count). The zero-order chi connectivity index (χ0) is 19.7. The highest BCUT2D eigenvalue weighted by atomic mass is 35.7. The summed E-state index contributed by atoms with van der Waals surface area (Å²) in [6.45, 7) is 7.27. The summed E-state index contributed by atoms with van der Waals surface area (Å²) in [7, 11) is -2.68. The predicted molar refractivity (Wildman–Crippen MR) is 97.5 cm³/mol. The van der Waals surface area contributed by atoms with E-state index < -0.39 is 30.1 Å². The van der Waals surface area contributed by atoms with E-state index in [1.54, 1.807) is 19.9 Å². The maximum absolute atomic E-state index is 13.7. The maximum Gasteiger partial charge on any atom is 0.261 e. The molecule has 26 heavy (non-hydrogen) atoms. The average molecular weight is 417 g/mol. The SMILES string of the molecule is CC(C)c1cc2c(cc1S(=O)(=O)Cl)S(=O)(=O)c1cc(F)ccc1C2(C)C. The van der Waals surface area contributed by atoms with E-state index in [-0.39, 0.29) is 20.6 Å². The molecule has 8 heteroatoms. The minimum Gasteiger partial charge on any atom is -0.218 e. The van der Waals surface area contributed by atoms with Crippen LogP contribution in [-0.2, 0) is 24.3 Å². The van der Waals surface area contributed by atoms with Crippen LogP contribution in [0.4, 0.5) is 4.39 Å². The Morgan fingerprint density at radius 2 is 1.62 bits per heavy atom. The van der Waals surface area contributed by atoms with Gasteiger partial charge < -0.3 is 0 Å². The fourth-order valence-corrected chi connectivity index (χ4v) is 6.75. The average Bonchev–Trinajstić information content (AvgIpc) is 2.51. The Hall–Kier alpha value is -1.44. The minimum atomic E-state index is -4.15. The molecule has 0 saturated carbocycles. The molecule has 0 fully saturated rings. The summed E-state index contributed by atoms with van der Waals surface area (Å²) in [6, 6.07) is 6.37. The Labute approximate surface area is 157 Å². The zero-order valence-electron chi connectivity index (χ0n) is 14.7. The molecule has 0 bridgehead atoms. The van der Waals surface area contributed by atoms with Crippen molar-refractivity contribution >= 4 is 29.6 Å². The molecule has 0 aliphatic carbocycles. The topological polar surface area (TPSA) is 68.3 Å². The van der Waals surface area contributed by atoms with E-state index in [1.165, 1.54) is 12.1 Å². The summed E-state index contributed by atoms with van der Waals surface area (Å²) in [6.07, 6.45) is 0. The van der Waals surface area contributed by atoms with E-state index in [0.717, 1.165) is 12.1 Å². The van der Waals surface area contributed by atoms with Crippen molar-refractivity contribution in [3.8, 4) is 0 Å². The van der Waals surface area contributed by atoms with Gasteiger partial charge in [-0.15, -0.1) is 0 Å². The van der Waals surface area contributed by atoms with Crippen LogP contribution in [-0.4, -0.2) is 16.8 Å². The van der Waals surface area contributed by atoms with E-state index in [0.29, 0.717) is 16.7 Å². The van der Waals surface area contributed by atoms with Crippen molar-refractivity contribution in [1.82, 2.24) is 0 Å². The van der Waals surface area contributed by atoms with Crippen LogP contribution in [0.2, 0.25) is 0 Å². The van der Waals surface area contributed by atoms with Gasteiger partial charge in [0.2, 0.25) is 9.84 Å².